The van der Waals surface area contributed by atoms with Gasteiger partial charge in [0.1, 0.15) is 18.1 Å². The first-order valence-electron chi connectivity index (χ1n) is 13.7. The topological polar surface area (TPSA) is 95.9 Å². The molecular formula is C31H28F2N4O4S. The van der Waals surface area contributed by atoms with Crippen molar-refractivity contribution >= 4 is 34.2 Å². The number of amides is 1. The lowest BCUT2D eigenvalue weighted by Gasteiger charge is -2.26. The summed E-state index contributed by atoms with van der Waals surface area (Å²) in [6, 6.07) is 14.8. The van der Waals surface area contributed by atoms with Gasteiger partial charge in [-0.25, -0.2) is 14.4 Å². The number of carboxylic acid groups (broad SMARTS) is 1. The molecule has 0 unspecified atom stereocenters. The van der Waals surface area contributed by atoms with E-state index in [2.05, 4.69) is 9.97 Å². The number of hydrogen-bond donors (Lipinski definition) is 1. The van der Waals surface area contributed by atoms with Crippen molar-refractivity contribution in [1.82, 2.24) is 9.97 Å². The predicted molar refractivity (Wildman–Crippen MR) is 156 cm³/mol. The van der Waals surface area contributed by atoms with Crippen molar-refractivity contribution in [2.24, 2.45) is 5.92 Å². The number of carbonyl (C=O) groups excluding carboxylic acids is 1. The van der Waals surface area contributed by atoms with Crippen LogP contribution in [-0.4, -0.2) is 53.2 Å². The monoisotopic (exact) mass is 590 g/mol. The van der Waals surface area contributed by atoms with Gasteiger partial charge in [0.05, 0.1) is 18.9 Å². The van der Waals surface area contributed by atoms with Crippen LogP contribution >= 0.6 is 11.3 Å². The molecule has 1 aliphatic heterocycles. The van der Waals surface area contributed by atoms with Crippen molar-refractivity contribution in [2.45, 2.75) is 31.7 Å². The summed E-state index contributed by atoms with van der Waals surface area (Å²) >= 11 is 0.700. The van der Waals surface area contributed by atoms with Gasteiger partial charge in [-0.3, -0.25) is 14.5 Å². The zero-order valence-corrected chi connectivity index (χ0v) is 23.6. The number of nitrogens with zero attached hydrogens (tertiary/aromatic N) is 4. The number of aliphatic carboxylic acids is 1. The number of carboxylic acids is 1. The second-order valence-electron chi connectivity index (χ2n) is 10.5. The molecule has 0 spiro atoms. The quantitative estimate of drug-likeness (QED) is 0.263. The van der Waals surface area contributed by atoms with E-state index < -0.39 is 28.7 Å². The van der Waals surface area contributed by atoms with E-state index in [0.717, 1.165) is 5.56 Å². The molecule has 2 aromatic heterocycles. The van der Waals surface area contributed by atoms with Crippen LogP contribution in [0.4, 0.5) is 19.7 Å². The molecule has 1 N–H and O–H groups in total. The third-order valence-corrected chi connectivity index (χ3v) is 8.29. The Labute approximate surface area is 245 Å². The molecule has 1 atom stereocenters. The Balaban J connectivity index is 1.37. The summed E-state index contributed by atoms with van der Waals surface area (Å²) < 4.78 is 36.0. The minimum Gasteiger partial charge on any atom is -0.488 e. The number of ether oxygens (including phenoxy) is 1. The third kappa shape index (κ3) is 5.69. The Morgan fingerprint density at radius 2 is 1.93 bits per heavy atom. The summed E-state index contributed by atoms with van der Waals surface area (Å²) in [6.45, 7) is 1.19. The van der Waals surface area contributed by atoms with Crippen molar-refractivity contribution in [2.75, 3.05) is 30.0 Å². The van der Waals surface area contributed by atoms with Crippen LogP contribution in [0.3, 0.4) is 0 Å². The Morgan fingerprint density at radius 1 is 1.14 bits per heavy atom. The molecule has 1 aliphatic carbocycles. The summed E-state index contributed by atoms with van der Waals surface area (Å²) in [5, 5.41) is 9.03. The number of anilines is 2. The van der Waals surface area contributed by atoms with Crippen molar-refractivity contribution < 1.29 is 28.2 Å². The molecule has 2 aliphatic rings. The number of benzene rings is 2. The first-order valence-corrected chi connectivity index (χ1v) is 14.5. The van der Waals surface area contributed by atoms with Gasteiger partial charge in [-0.15, -0.1) is 0 Å². The minimum absolute atomic E-state index is 0.0865. The zero-order valence-electron chi connectivity index (χ0n) is 22.8. The molecule has 42 heavy (non-hydrogen) atoms. The highest BCUT2D eigenvalue weighted by Crippen LogP contribution is 2.42. The second kappa shape index (κ2) is 11.5. The van der Waals surface area contributed by atoms with Crippen molar-refractivity contribution in [3.8, 4) is 28.1 Å². The SMILES string of the molecule is CN1CCOc2cc(-c3ccc(F)cc3-c3nc(N(C(=O)[C@@H](CC(=O)O)Cc4ccccc4)C4CC4)sc3F)cnc21. The number of aromatic nitrogens is 2. The minimum atomic E-state index is -1.09. The van der Waals surface area contributed by atoms with Gasteiger partial charge in [-0.2, -0.15) is 4.39 Å². The zero-order chi connectivity index (χ0) is 29.4. The Hall–Kier alpha value is -4.38. The lowest BCUT2D eigenvalue weighted by molar-refractivity contribution is -0.140. The van der Waals surface area contributed by atoms with E-state index in [-0.39, 0.29) is 35.3 Å². The van der Waals surface area contributed by atoms with Crippen LogP contribution < -0.4 is 14.5 Å². The number of carbonyl (C=O) groups is 2. The van der Waals surface area contributed by atoms with Gasteiger partial charge in [-0.05, 0) is 48.6 Å². The van der Waals surface area contributed by atoms with Crippen molar-refractivity contribution in [1.29, 1.82) is 0 Å². The first kappa shape index (κ1) is 27.8. The van der Waals surface area contributed by atoms with E-state index in [1.54, 1.807) is 18.3 Å². The van der Waals surface area contributed by atoms with Gasteiger partial charge < -0.3 is 14.7 Å². The van der Waals surface area contributed by atoms with Gasteiger partial charge >= 0.3 is 5.97 Å². The molecule has 1 amide bonds. The number of likely N-dealkylation sites (N-methyl/N-ethyl adjacent to an activating group) is 1. The molecule has 1 saturated carbocycles. The summed E-state index contributed by atoms with van der Waals surface area (Å²) in [7, 11) is 1.91. The normalized spacial score (nSPS) is 15.1. The molecule has 4 aromatic rings. The highest BCUT2D eigenvalue weighted by molar-refractivity contribution is 7.14. The van der Waals surface area contributed by atoms with E-state index >= 15 is 4.39 Å². The van der Waals surface area contributed by atoms with Gasteiger partial charge in [0.2, 0.25) is 11.0 Å². The van der Waals surface area contributed by atoms with E-state index in [0.29, 0.717) is 60.0 Å². The predicted octanol–water partition coefficient (Wildman–Crippen LogP) is 5.81. The summed E-state index contributed by atoms with van der Waals surface area (Å²) in [6.07, 6.45) is 2.90. The molecule has 8 nitrogen and oxygen atoms in total. The maximum Gasteiger partial charge on any atom is 0.304 e. The number of fused-ring (bicyclic) bond motifs is 1. The molecular weight excluding hydrogens is 562 g/mol. The Bertz CT molecular complexity index is 1640. The van der Waals surface area contributed by atoms with Crippen LogP contribution in [-0.2, 0) is 16.0 Å². The van der Waals surface area contributed by atoms with E-state index in [1.165, 1.54) is 17.0 Å². The molecule has 6 rings (SSSR count). The fraction of sp³-hybridized carbons (Fsp3) is 0.290. The summed E-state index contributed by atoms with van der Waals surface area (Å²) in [4.78, 5) is 38.0. The van der Waals surface area contributed by atoms with Crippen LogP contribution in [0.15, 0.2) is 60.8 Å². The van der Waals surface area contributed by atoms with E-state index in [1.807, 2.05) is 42.3 Å². The number of pyridine rings is 1. The average Bonchev–Trinajstić information content (AvgIpc) is 3.73. The van der Waals surface area contributed by atoms with Crippen LogP contribution in [0.1, 0.15) is 24.8 Å². The fourth-order valence-electron chi connectivity index (χ4n) is 5.22. The van der Waals surface area contributed by atoms with Crippen LogP contribution in [0.2, 0.25) is 0 Å². The van der Waals surface area contributed by atoms with Crippen LogP contribution in [0.5, 0.6) is 5.75 Å². The van der Waals surface area contributed by atoms with Gasteiger partial charge in [0.25, 0.3) is 0 Å². The van der Waals surface area contributed by atoms with Crippen molar-refractivity contribution in [3.63, 3.8) is 0 Å². The maximum atomic E-state index is 15.7. The third-order valence-electron chi connectivity index (χ3n) is 7.45. The highest BCUT2D eigenvalue weighted by atomic mass is 32.1. The molecule has 0 saturated heterocycles. The smallest absolute Gasteiger partial charge is 0.304 e. The van der Waals surface area contributed by atoms with E-state index in [9.17, 15) is 19.1 Å². The molecule has 2 aromatic carbocycles. The molecule has 0 bridgehead atoms. The number of halogens is 2. The summed E-state index contributed by atoms with van der Waals surface area (Å²) in [5.41, 5.74) is 2.08. The lowest BCUT2D eigenvalue weighted by Crippen LogP contribution is -2.39. The Morgan fingerprint density at radius 3 is 2.67 bits per heavy atom. The molecule has 1 fully saturated rings. The Kier molecular flexibility index (Phi) is 7.59. The fourth-order valence-corrected chi connectivity index (χ4v) is 6.10. The standard InChI is InChI=1S/C31H28F2N4O4S/c1-36-11-12-41-25-14-20(17-34-29(25)36)23-10-7-21(32)16-24(23)27-28(33)42-31(35-27)37(22-8-9-22)30(40)19(15-26(38)39)13-18-5-3-2-4-6-18/h2-7,10,14,16-17,19,22H,8-9,11-13,15H2,1H3,(H,38,39)/t19-/m1/s1. The lowest BCUT2D eigenvalue weighted by atomic mass is 9.94. The maximum absolute atomic E-state index is 15.7. The molecule has 216 valence electrons. The molecule has 11 heteroatoms. The number of rotatable bonds is 9. The van der Waals surface area contributed by atoms with Crippen molar-refractivity contribution in [3.05, 3.63) is 77.3 Å². The first-order chi connectivity index (χ1) is 20.3. The molecule has 0 radical (unpaired) electrons. The molecule has 3 heterocycles. The van der Waals surface area contributed by atoms with E-state index in [4.69, 9.17) is 4.74 Å². The average molecular weight is 591 g/mol. The van der Waals surface area contributed by atoms with Crippen LogP contribution in [0.25, 0.3) is 22.4 Å². The number of thiazole rings is 1. The van der Waals surface area contributed by atoms with Gasteiger partial charge in [0, 0.05) is 30.4 Å². The van der Waals surface area contributed by atoms with Crippen LogP contribution in [0, 0.1) is 16.9 Å². The van der Waals surface area contributed by atoms with Gasteiger partial charge in [0.15, 0.2) is 16.7 Å². The second-order valence-corrected chi connectivity index (χ2v) is 11.5. The number of hydrogen-bond acceptors (Lipinski definition) is 7. The van der Waals surface area contributed by atoms with Gasteiger partial charge in [-0.1, -0.05) is 47.7 Å². The highest BCUT2D eigenvalue weighted by Gasteiger charge is 2.40. The summed E-state index contributed by atoms with van der Waals surface area (Å²) in [5.74, 6) is -1.67. The largest absolute Gasteiger partial charge is 0.488 e.